The number of rotatable bonds is 6. The van der Waals surface area contributed by atoms with Crippen LogP contribution in [0.1, 0.15) is 22.8 Å². The van der Waals surface area contributed by atoms with Gasteiger partial charge in [0.2, 0.25) is 5.88 Å². The minimum absolute atomic E-state index is 0.261. The maximum Gasteiger partial charge on any atom is 0.262 e. The molecule has 0 saturated heterocycles. The van der Waals surface area contributed by atoms with Crippen molar-refractivity contribution >= 4 is 15.7 Å². The Bertz CT molecular complexity index is 1380. The van der Waals surface area contributed by atoms with Crippen LogP contribution in [-0.4, -0.2) is 27.9 Å². The maximum atomic E-state index is 12.8. The van der Waals surface area contributed by atoms with Gasteiger partial charge < -0.3 is 4.74 Å². The molecular formula is C23H23N5O3S. The molecule has 0 amide bonds. The monoisotopic (exact) mass is 449 g/mol. The number of nitrogens with one attached hydrogen (secondary N) is 1. The zero-order valence-electron chi connectivity index (χ0n) is 18.2. The van der Waals surface area contributed by atoms with Gasteiger partial charge in [-0.05, 0) is 69.2 Å². The predicted octanol–water partition coefficient (Wildman–Crippen LogP) is 4.49. The second-order valence-electron chi connectivity index (χ2n) is 7.46. The molecule has 0 bridgehead atoms. The van der Waals surface area contributed by atoms with Gasteiger partial charge in [-0.15, -0.1) is 0 Å². The SMILES string of the molecule is Cc1ccc(C)c(S(=O)(=O)Nc2ccc(Oc3cc(-n4ccnc4C)nc(C)n3)cc2)c1. The lowest BCUT2D eigenvalue weighted by Gasteiger charge is -2.12. The van der Waals surface area contributed by atoms with Crippen LogP contribution in [0.2, 0.25) is 0 Å². The Kier molecular flexibility index (Phi) is 5.67. The average molecular weight is 450 g/mol. The van der Waals surface area contributed by atoms with Crippen LogP contribution in [0.15, 0.2) is 65.8 Å². The molecule has 2 aromatic heterocycles. The third kappa shape index (κ3) is 4.62. The molecule has 0 fully saturated rings. The third-order valence-corrected chi connectivity index (χ3v) is 6.36. The van der Waals surface area contributed by atoms with Crippen molar-refractivity contribution in [2.45, 2.75) is 32.6 Å². The number of benzene rings is 2. The third-order valence-electron chi connectivity index (χ3n) is 4.84. The number of aromatic nitrogens is 4. The van der Waals surface area contributed by atoms with Gasteiger partial charge in [0.05, 0.1) is 4.90 Å². The van der Waals surface area contributed by atoms with Crippen LogP contribution in [0.3, 0.4) is 0 Å². The Balaban J connectivity index is 1.53. The second kappa shape index (κ2) is 8.43. The van der Waals surface area contributed by atoms with E-state index in [4.69, 9.17) is 4.74 Å². The number of anilines is 1. The Labute approximate surface area is 187 Å². The first-order valence-corrected chi connectivity index (χ1v) is 11.4. The topological polar surface area (TPSA) is 99.0 Å². The van der Waals surface area contributed by atoms with E-state index in [9.17, 15) is 8.42 Å². The van der Waals surface area contributed by atoms with Gasteiger partial charge in [0.1, 0.15) is 23.2 Å². The highest BCUT2D eigenvalue weighted by atomic mass is 32.2. The van der Waals surface area contributed by atoms with Crippen LogP contribution < -0.4 is 9.46 Å². The summed E-state index contributed by atoms with van der Waals surface area (Å²) >= 11 is 0. The van der Waals surface area contributed by atoms with Gasteiger partial charge in [0, 0.05) is 24.1 Å². The largest absolute Gasteiger partial charge is 0.439 e. The lowest BCUT2D eigenvalue weighted by Crippen LogP contribution is -2.14. The highest BCUT2D eigenvalue weighted by Crippen LogP contribution is 2.25. The molecule has 2 aromatic carbocycles. The number of hydrogen-bond donors (Lipinski definition) is 1. The molecule has 0 spiro atoms. The Morgan fingerprint density at radius 1 is 0.938 bits per heavy atom. The summed E-state index contributed by atoms with van der Waals surface area (Å²) in [6.45, 7) is 7.30. The van der Waals surface area contributed by atoms with Crippen LogP contribution >= 0.6 is 0 Å². The number of aryl methyl sites for hydroxylation is 4. The molecule has 0 aliphatic rings. The van der Waals surface area contributed by atoms with Crippen LogP contribution in [-0.2, 0) is 10.0 Å². The van der Waals surface area contributed by atoms with E-state index in [2.05, 4.69) is 19.7 Å². The van der Waals surface area contributed by atoms with Crippen molar-refractivity contribution in [3.8, 4) is 17.4 Å². The van der Waals surface area contributed by atoms with Crippen molar-refractivity contribution in [1.29, 1.82) is 0 Å². The summed E-state index contributed by atoms with van der Waals surface area (Å²) in [5.41, 5.74) is 2.00. The summed E-state index contributed by atoms with van der Waals surface area (Å²) in [4.78, 5) is 13.2. The molecule has 8 nitrogen and oxygen atoms in total. The Morgan fingerprint density at radius 2 is 1.69 bits per heavy atom. The molecule has 0 aliphatic heterocycles. The van der Waals surface area contributed by atoms with E-state index in [-0.39, 0.29) is 4.90 Å². The summed E-state index contributed by atoms with van der Waals surface area (Å²) in [6.07, 6.45) is 3.52. The van der Waals surface area contributed by atoms with Crippen molar-refractivity contribution < 1.29 is 13.2 Å². The van der Waals surface area contributed by atoms with Gasteiger partial charge in [-0.25, -0.2) is 18.4 Å². The summed E-state index contributed by atoms with van der Waals surface area (Å²) in [5, 5.41) is 0. The molecule has 4 rings (SSSR count). The Morgan fingerprint density at radius 3 is 2.38 bits per heavy atom. The second-order valence-corrected chi connectivity index (χ2v) is 9.11. The highest BCUT2D eigenvalue weighted by Gasteiger charge is 2.17. The van der Waals surface area contributed by atoms with Gasteiger partial charge in [-0.3, -0.25) is 9.29 Å². The van der Waals surface area contributed by atoms with Crippen LogP contribution in [0, 0.1) is 27.7 Å². The molecule has 0 atom stereocenters. The first-order valence-electron chi connectivity index (χ1n) is 9.95. The summed E-state index contributed by atoms with van der Waals surface area (Å²) in [7, 11) is -3.70. The van der Waals surface area contributed by atoms with E-state index < -0.39 is 10.0 Å². The van der Waals surface area contributed by atoms with E-state index in [0.717, 1.165) is 11.4 Å². The first kappa shape index (κ1) is 21.5. The van der Waals surface area contributed by atoms with E-state index in [0.29, 0.717) is 34.5 Å². The minimum Gasteiger partial charge on any atom is -0.439 e. The fraction of sp³-hybridized carbons (Fsp3) is 0.174. The minimum atomic E-state index is -3.70. The van der Waals surface area contributed by atoms with E-state index in [1.54, 1.807) is 62.5 Å². The van der Waals surface area contributed by atoms with E-state index >= 15 is 0 Å². The number of hydrogen-bond acceptors (Lipinski definition) is 6. The lowest BCUT2D eigenvalue weighted by atomic mass is 10.2. The van der Waals surface area contributed by atoms with Crippen LogP contribution in [0.4, 0.5) is 5.69 Å². The van der Waals surface area contributed by atoms with Crippen LogP contribution in [0.25, 0.3) is 5.82 Å². The maximum absolute atomic E-state index is 12.8. The highest BCUT2D eigenvalue weighted by molar-refractivity contribution is 7.92. The fourth-order valence-corrected chi connectivity index (χ4v) is 4.63. The van der Waals surface area contributed by atoms with Crippen molar-refractivity contribution in [3.63, 3.8) is 0 Å². The molecular weight excluding hydrogens is 426 g/mol. The summed E-state index contributed by atoms with van der Waals surface area (Å²) in [5.74, 6) is 2.91. The molecule has 0 unspecified atom stereocenters. The van der Waals surface area contributed by atoms with E-state index in [1.165, 1.54) is 0 Å². The van der Waals surface area contributed by atoms with Gasteiger partial charge in [-0.1, -0.05) is 12.1 Å². The smallest absolute Gasteiger partial charge is 0.262 e. The number of nitrogens with zero attached hydrogens (tertiary/aromatic N) is 4. The zero-order valence-corrected chi connectivity index (χ0v) is 19.0. The van der Waals surface area contributed by atoms with Gasteiger partial charge in [0.25, 0.3) is 10.0 Å². The predicted molar refractivity (Wildman–Crippen MR) is 122 cm³/mol. The molecule has 9 heteroatoms. The normalized spacial score (nSPS) is 11.4. The standard InChI is InChI=1S/C23H23N5O3S/c1-15-5-6-16(2)21(13-15)32(29,30)27-19-7-9-20(10-8-19)31-23-14-22(25-17(3)26-23)28-12-11-24-18(28)4/h5-14,27H,1-4H3. The molecule has 0 saturated carbocycles. The number of sulfonamides is 1. The first-order chi connectivity index (χ1) is 15.2. The molecule has 0 radical (unpaired) electrons. The number of ether oxygens (including phenoxy) is 1. The fourth-order valence-electron chi connectivity index (χ4n) is 3.24. The number of imidazole rings is 1. The molecule has 1 N–H and O–H groups in total. The molecule has 32 heavy (non-hydrogen) atoms. The zero-order chi connectivity index (χ0) is 22.9. The molecule has 0 aliphatic carbocycles. The van der Waals surface area contributed by atoms with E-state index in [1.807, 2.05) is 30.7 Å². The Hall–Kier alpha value is -3.72. The van der Waals surface area contributed by atoms with Crippen molar-refractivity contribution in [2.75, 3.05) is 4.72 Å². The molecule has 164 valence electrons. The van der Waals surface area contributed by atoms with Crippen LogP contribution in [0.5, 0.6) is 11.6 Å². The quantitative estimate of drug-likeness (QED) is 0.466. The lowest BCUT2D eigenvalue weighted by molar-refractivity contribution is 0.459. The summed E-state index contributed by atoms with van der Waals surface area (Å²) in [6, 6.07) is 13.7. The van der Waals surface area contributed by atoms with Crippen molar-refractivity contribution in [1.82, 2.24) is 19.5 Å². The average Bonchev–Trinajstić information content (AvgIpc) is 3.16. The van der Waals surface area contributed by atoms with Gasteiger partial charge >= 0.3 is 0 Å². The summed E-state index contributed by atoms with van der Waals surface area (Å²) < 4.78 is 35.9. The molecule has 2 heterocycles. The van der Waals surface area contributed by atoms with Gasteiger partial charge in [0.15, 0.2) is 0 Å². The van der Waals surface area contributed by atoms with Gasteiger partial charge in [-0.2, -0.15) is 4.98 Å². The van der Waals surface area contributed by atoms with Crippen molar-refractivity contribution in [3.05, 3.63) is 83.7 Å². The molecule has 4 aromatic rings. The van der Waals surface area contributed by atoms with Crippen molar-refractivity contribution in [2.24, 2.45) is 0 Å².